The molecule has 5 nitrogen and oxygen atoms in total. The minimum Gasteiger partial charge on any atom is -0.322 e. The van der Waals surface area contributed by atoms with Crippen LogP contribution >= 0.6 is 0 Å². The maximum absolute atomic E-state index is 13.1. The second-order valence-electron chi connectivity index (χ2n) is 7.87. The molecule has 6 heteroatoms. The normalized spacial score (nSPS) is 19.6. The highest BCUT2D eigenvalue weighted by Crippen LogP contribution is 2.34. The molecule has 2 aliphatic heterocycles. The molecular weight excluding hydrogens is 367 g/mol. The number of fused-ring (bicyclic) bond motifs is 2. The van der Waals surface area contributed by atoms with Gasteiger partial charge in [-0.15, -0.1) is 0 Å². The van der Waals surface area contributed by atoms with E-state index in [9.17, 15) is 9.18 Å². The highest BCUT2D eigenvalue weighted by Gasteiger charge is 2.27. The number of H-pyrrole nitrogens is 1. The molecular formula is C23H23FN4O. The summed E-state index contributed by atoms with van der Waals surface area (Å²) >= 11 is 0. The lowest BCUT2D eigenvalue weighted by molar-refractivity contribution is 0.102. The molecule has 1 aromatic heterocycles. The summed E-state index contributed by atoms with van der Waals surface area (Å²) in [5.74, 6) is -0.618. The van der Waals surface area contributed by atoms with Gasteiger partial charge in [-0.25, -0.2) is 4.39 Å². The molecule has 1 unspecified atom stereocenters. The molecule has 1 saturated heterocycles. The Kier molecular flexibility index (Phi) is 4.64. The number of benzene rings is 2. The predicted octanol–water partition coefficient (Wildman–Crippen LogP) is 4.60. The van der Waals surface area contributed by atoms with E-state index in [0.717, 1.165) is 29.6 Å². The van der Waals surface area contributed by atoms with Gasteiger partial charge < -0.3 is 5.32 Å². The number of nitrogens with one attached hydrogen (secondary N) is 2. The summed E-state index contributed by atoms with van der Waals surface area (Å²) < 4.78 is 13.1. The minimum atomic E-state index is -0.358. The molecule has 2 aromatic carbocycles. The SMILES string of the molecule is O=C(Nc1ccc2[nH]nc(C3=CCN4CCCCC4C3)c2c1)c1ccc(F)cc1. The van der Waals surface area contributed by atoms with Crippen molar-refractivity contribution in [2.24, 2.45) is 0 Å². The summed E-state index contributed by atoms with van der Waals surface area (Å²) in [6, 6.07) is 11.9. The summed E-state index contributed by atoms with van der Waals surface area (Å²) in [6.45, 7) is 2.17. The van der Waals surface area contributed by atoms with Crippen LogP contribution in [0, 0.1) is 5.82 Å². The van der Waals surface area contributed by atoms with Gasteiger partial charge in [-0.05, 0) is 73.8 Å². The first kappa shape index (κ1) is 18.1. The number of nitrogens with zero attached hydrogens (tertiary/aromatic N) is 2. The zero-order valence-corrected chi connectivity index (χ0v) is 16.1. The van der Waals surface area contributed by atoms with Crippen molar-refractivity contribution in [3.8, 4) is 0 Å². The van der Waals surface area contributed by atoms with E-state index < -0.39 is 0 Å². The maximum Gasteiger partial charge on any atom is 0.255 e. The lowest BCUT2D eigenvalue weighted by Gasteiger charge is -2.38. The third-order valence-corrected chi connectivity index (χ3v) is 6.01. The molecule has 3 heterocycles. The smallest absolute Gasteiger partial charge is 0.255 e. The number of halogens is 1. The summed E-state index contributed by atoms with van der Waals surface area (Å²) in [6.07, 6.45) is 7.16. The molecule has 29 heavy (non-hydrogen) atoms. The molecule has 5 rings (SSSR count). The molecule has 3 aromatic rings. The zero-order valence-electron chi connectivity index (χ0n) is 16.1. The number of hydrogen-bond acceptors (Lipinski definition) is 3. The fourth-order valence-corrected chi connectivity index (χ4v) is 4.43. The van der Waals surface area contributed by atoms with Crippen LogP contribution < -0.4 is 5.32 Å². The van der Waals surface area contributed by atoms with Gasteiger partial charge in [0.2, 0.25) is 0 Å². The summed E-state index contributed by atoms with van der Waals surface area (Å²) in [5.41, 5.74) is 4.33. The van der Waals surface area contributed by atoms with E-state index in [1.165, 1.54) is 55.6 Å². The summed E-state index contributed by atoms with van der Waals surface area (Å²) in [7, 11) is 0. The third-order valence-electron chi connectivity index (χ3n) is 6.01. The van der Waals surface area contributed by atoms with Crippen molar-refractivity contribution in [3.05, 3.63) is 65.6 Å². The molecule has 0 spiro atoms. The predicted molar refractivity (Wildman–Crippen MR) is 112 cm³/mol. The zero-order chi connectivity index (χ0) is 19.8. The highest BCUT2D eigenvalue weighted by molar-refractivity contribution is 6.05. The van der Waals surface area contributed by atoms with Crippen molar-refractivity contribution >= 4 is 28.1 Å². The quantitative estimate of drug-likeness (QED) is 0.687. The monoisotopic (exact) mass is 390 g/mol. The number of rotatable bonds is 3. The molecule has 1 atom stereocenters. The fraction of sp³-hybridized carbons (Fsp3) is 0.304. The number of piperidine rings is 1. The largest absolute Gasteiger partial charge is 0.322 e. The first-order valence-electron chi connectivity index (χ1n) is 10.2. The van der Waals surface area contributed by atoms with E-state index in [2.05, 4.69) is 26.5 Å². The molecule has 1 amide bonds. The number of carbonyl (C=O) groups is 1. The summed E-state index contributed by atoms with van der Waals surface area (Å²) in [4.78, 5) is 15.0. The van der Waals surface area contributed by atoms with Gasteiger partial charge in [-0.1, -0.05) is 12.5 Å². The van der Waals surface area contributed by atoms with Gasteiger partial charge in [0, 0.05) is 29.2 Å². The Balaban J connectivity index is 1.41. The Bertz CT molecular complexity index is 1090. The molecule has 148 valence electrons. The van der Waals surface area contributed by atoms with Gasteiger partial charge in [0.15, 0.2) is 0 Å². The van der Waals surface area contributed by atoms with Gasteiger partial charge >= 0.3 is 0 Å². The number of carbonyl (C=O) groups excluding carboxylic acids is 1. The Labute approximate surface area is 168 Å². The van der Waals surface area contributed by atoms with Crippen LogP contribution in [0.3, 0.4) is 0 Å². The van der Waals surface area contributed by atoms with Crippen molar-refractivity contribution in [2.75, 3.05) is 18.4 Å². The number of amides is 1. The number of anilines is 1. The Morgan fingerprint density at radius 3 is 2.90 bits per heavy atom. The third kappa shape index (κ3) is 3.56. The van der Waals surface area contributed by atoms with Crippen LogP contribution in [-0.2, 0) is 0 Å². The lowest BCUT2D eigenvalue weighted by Crippen LogP contribution is -2.41. The molecule has 0 saturated carbocycles. The Hall–Kier alpha value is -2.99. The van der Waals surface area contributed by atoms with E-state index in [-0.39, 0.29) is 11.7 Å². The van der Waals surface area contributed by atoms with Crippen LogP contribution in [0.4, 0.5) is 10.1 Å². The van der Waals surface area contributed by atoms with Gasteiger partial charge in [0.1, 0.15) is 5.82 Å². The lowest BCUT2D eigenvalue weighted by atomic mass is 9.90. The average molecular weight is 390 g/mol. The molecule has 2 aliphatic rings. The van der Waals surface area contributed by atoms with Gasteiger partial charge in [-0.3, -0.25) is 14.8 Å². The van der Waals surface area contributed by atoms with E-state index >= 15 is 0 Å². The number of aromatic amines is 1. The van der Waals surface area contributed by atoms with E-state index in [1.54, 1.807) is 0 Å². The van der Waals surface area contributed by atoms with Crippen LogP contribution in [0.15, 0.2) is 48.5 Å². The van der Waals surface area contributed by atoms with Crippen molar-refractivity contribution < 1.29 is 9.18 Å². The first-order chi connectivity index (χ1) is 14.2. The molecule has 0 radical (unpaired) electrons. The van der Waals surface area contributed by atoms with E-state index in [1.807, 2.05) is 18.2 Å². The van der Waals surface area contributed by atoms with Gasteiger partial charge in [0.05, 0.1) is 11.2 Å². The average Bonchev–Trinajstić information content (AvgIpc) is 3.17. The number of hydrogen-bond donors (Lipinski definition) is 2. The van der Waals surface area contributed by atoms with Crippen molar-refractivity contribution in [2.45, 2.75) is 31.7 Å². The first-order valence-corrected chi connectivity index (χ1v) is 10.2. The van der Waals surface area contributed by atoms with E-state index in [4.69, 9.17) is 0 Å². The standard InChI is InChI=1S/C23H23FN4O/c24-17-6-4-15(5-7-17)23(29)25-18-8-9-21-20(14-18)22(27-26-21)16-10-12-28-11-2-1-3-19(28)13-16/h4-10,14,19H,1-3,11-13H2,(H,25,29)(H,26,27). The van der Waals surface area contributed by atoms with Crippen molar-refractivity contribution in [1.29, 1.82) is 0 Å². The molecule has 2 N–H and O–H groups in total. The van der Waals surface area contributed by atoms with Crippen LogP contribution in [0.25, 0.3) is 16.5 Å². The second-order valence-corrected chi connectivity index (χ2v) is 7.87. The fourth-order valence-electron chi connectivity index (χ4n) is 4.43. The molecule has 1 fully saturated rings. The van der Waals surface area contributed by atoms with Crippen molar-refractivity contribution in [1.82, 2.24) is 15.1 Å². The number of aromatic nitrogens is 2. The summed E-state index contributed by atoms with van der Waals surface area (Å²) in [5, 5.41) is 11.6. The van der Waals surface area contributed by atoms with Crippen molar-refractivity contribution in [3.63, 3.8) is 0 Å². The van der Waals surface area contributed by atoms with Crippen LogP contribution in [-0.4, -0.2) is 40.1 Å². The highest BCUT2D eigenvalue weighted by atomic mass is 19.1. The Morgan fingerprint density at radius 2 is 2.03 bits per heavy atom. The van der Waals surface area contributed by atoms with Crippen LogP contribution in [0.1, 0.15) is 41.7 Å². The molecule has 0 bridgehead atoms. The van der Waals surface area contributed by atoms with Crippen LogP contribution in [0.2, 0.25) is 0 Å². The van der Waals surface area contributed by atoms with Gasteiger partial charge in [0.25, 0.3) is 5.91 Å². The van der Waals surface area contributed by atoms with Crippen LogP contribution in [0.5, 0.6) is 0 Å². The Morgan fingerprint density at radius 1 is 1.17 bits per heavy atom. The minimum absolute atomic E-state index is 0.260. The van der Waals surface area contributed by atoms with E-state index in [0.29, 0.717) is 17.3 Å². The second kappa shape index (κ2) is 7.44. The van der Waals surface area contributed by atoms with Gasteiger partial charge in [-0.2, -0.15) is 5.10 Å². The topological polar surface area (TPSA) is 61.0 Å². The maximum atomic E-state index is 13.1. The molecule has 0 aliphatic carbocycles.